The van der Waals surface area contributed by atoms with Gasteiger partial charge in [0.25, 0.3) is 0 Å². The highest BCUT2D eigenvalue weighted by molar-refractivity contribution is 5.20. The molecule has 1 atom stereocenters. The second kappa shape index (κ2) is 5.62. The van der Waals surface area contributed by atoms with Crippen LogP contribution in [0.2, 0.25) is 0 Å². The van der Waals surface area contributed by atoms with Gasteiger partial charge >= 0.3 is 0 Å². The van der Waals surface area contributed by atoms with Gasteiger partial charge in [0.1, 0.15) is 5.75 Å². The van der Waals surface area contributed by atoms with E-state index >= 15 is 0 Å². The number of nitrogens with one attached hydrogen (secondary N) is 1. The Hall–Kier alpha value is -1.06. The van der Waals surface area contributed by atoms with Crippen molar-refractivity contribution in [1.82, 2.24) is 5.32 Å². The molecule has 78 valence electrons. The summed E-state index contributed by atoms with van der Waals surface area (Å²) in [6.45, 7) is 4.48. The Bertz CT molecular complexity index is 249. The first-order chi connectivity index (χ1) is 6.68. The molecule has 0 amide bonds. The highest BCUT2D eigenvalue weighted by atomic mass is 16.6. The monoisotopic (exact) mass is 195 g/mol. The molecule has 0 radical (unpaired) electrons. The van der Waals surface area contributed by atoms with E-state index in [9.17, 15) is 5.11 Å². The Labute approximate surface area is 84.7 Å². The standard InChI is InChI=1S/C11H17NO2/c1-9(2)12-8-11(13)14-10-6-4-3-5-7-10/h3-7,9,11-13H,8H2,1-2H3. The fourth-order valence-electron chi connectivity index (χ4n) is 1.03. The maximum absolute atomic E-state index is 9.47. The van der Waals surface area contributed by atoms with Gasteiger partial charge in [-0.05, 0) is 12.1 Å². The highest BCUT2D eigenvalue weighted by Gasteiger charge is 2.05. The molecule has 1 rings (SSSR count). The number of ether oxygens (including phenoxy) is 1. The number of aliphatic hydroxyl groups excluding tert-OH is 1. The average Bonchev–Trinajstić information content (AvgIpc) is 2.16. The van der Waals surface area contributed by atoms with Crippen LogP contribution in [-0.2, 0) is 0 Å². The van der Waals surface area contributed by atoms with Crippen LogP contribution >= 0.6 is 0 Å². The lowest BCUT2D eigenvalue weighted by molar-refractivity contribution is -0.0163. The number of rotatable bonds is 5. The van der Waals surface area contributed by atoms with Crippen molar-refractivity contribution >= 4 is 0 Å². The van der Waals surface area contributed by atoms with Crippen molar-refractivity contribution in [3.05, 3.63) is 30.3 Å². The molecule has 0 saturated heterocycles. The van der Waals surface area contributed by atoms with Gasteiger partial charge in [-0.1, -0.05) is 32.0 Å². The first kappa shape index (κ1) is 11.0. The van der Waals surface area contributed by atoms with Crippen LogP contribution < -0.4 is 10.1 Å². The molecule has 3 nitrogen and oxygen atoms in total. The van der Waals surface area contributed by atoms with Crippen LogP contribution in [0.5, 0.6) is 5.75 Å². The Balaban J connectivity index is 2.30. The van der Waals surface area contributed by atoms with Crippen LogP contribution in [-0.4, -0.2) is 24.0 Å². The third-order valence-corrected chi connectivity index (χ3v) is 1.72. The molecule has 0 fully saturated rings. The minimum atomic E-state index is -0.792. The van der Waals surface area contributed by atoms with E-state index in [0.29, 0.717) is 18.3 Å². The first-order valence-electron chi connectivity index (χ1n) is 4.81. The van der Waals surface area contributed by atoms with Crippen LogP contribution in [0.15, 0.2) is 30.3 Å². The summed E-state index contributed by atoms with van der Waals surface area (Å²) in [5, 5.41) is 12.6. The zero-order chi connectivity index (χ0) is 10.4. The summed E-state index contributed by atoms with van der Waals surface area (Å²) >= 11 is 0. The molecule has 0 saturated carbocycles. The molecule has 0 aliphatic rings. The van der Waals surface area contributed by atoms with Gasteiger partial charge in [0.15, 0.2) is 0 Å². The maximum Gasteiger partial charge on any atom is 0.210 e. The zero-order valence-electron chi connectivity index (χ0n) is 8.60. The summed E-state index contributed by atoms with van der Waals surface area (Å²) in [5.74, 6) is 0.686. The Morgan fingerprint density at radius 1 is 1.29 bits per heavy atom. The van der Waals surface area contributed by atoms with Crippen molar-refractivity contribution in [2.24, 2.45) is 0 Å². The lowest BCUT2D eigenvalue weighted by atomic mass is 10.3. The van der Waals surface area contributed by atoms with Crippen LogP contribution in [0, 0.1) is 0 Å². The molecule has 1 aromatic rings. The van der Waals surface area contributed by atoms with E-state index in [4.69, 9.17) is 4.74 Å². The first-order valence-corrected chi connectivity index (χ1v) is 4.81. The summed E-state index contributed by atoms with van der Waals surface area (Å²) in [5.41, 5.74) is 0. The van der Waals surface area contributed by atoms with E-state index in [-0.39, 0.29) is 0 Å². The molecule has 0 aliphatic carbocycles. The summed E-state index contributed by atoms with van der Waals surface area (Å²) in [7, 11) is 0. The van der Waals surface area contributed by atoms with Crippen molar-refractivity contribution in [3.63, 3.8) is 0 Å². The molecular weight excluding hydrogens is 178 g/mol. The predicted octanol–water partition coefficient (Wildman–Crippen LogP) is 1.38. The number of benzene rings is 1. The Morgan fingerprint density at radius 3 is 2.50 bits per heavy atom. The van der Waals surface area contributed by atoms with Crippen molar-refractivity contribution in [2.75, 3.05) is 6.54 Å². The average molecular weight is 195 g/mol. The van der Waals surface area contributed by atoms with Crippen LogP contribution in [0.25, 0.3) is 0 Å². The molecule has 0 bridgehead atoms. The lowest BCUT2D eigenvalue weighted by Crippen LogP contribution is -2.35. The quantitative estimate of drug-likeness (QED) is 0.697. The minimum Gasteiger partial charge on any atom is -0.464 e. The molecule has 0 heterocycles. The number of hydrogen-bond acceptors (Lipinski definition) is 3. The molecule has 0 spiro atoms. The fourth-order valence-corrected chi connectivity index (χ4v) is 1.03. The predicted molar refractivity (Wildman–Crippen MR) is 56.2 cm³/mol. The number of aliphatic hydroxyl groups is 1. The summed E-state index contributed by atoms with van der Waals surface area (Å²) in [6, 6.07) is 9.64. The largest absolute Gasteiger partial charge is 0.464 e. The molecule has 2 N–H and O–H groups in total. The lowest BCUT2D eigenvalue weighted by Gasteiger charge is -2.15. The fraction of sp³-hybridized carbons (Fsp3) is 0.455. The molecule has 1 unspecified atom stereocenters. The van der Waals surface area contributed by atoms with E-state index < -0.39 is 6.29 Å². The van der Waals surface area contributed by atoms with Crippen LogP contribution in [0.3, 0.4) is 0 Å². The zero-order valence-corrected chi connectivity index (χ0v) is 8.60. The summed E-state index contributed by atoms with van der Waals surface area (Å²) < 4.78 is 5.26. The molecular formula is C11H17NO2. The maximum atomic E-state index is 9.47. The molecule has 1 aromatic carbocycles. The second-order valence-corrected chi connectivity index (χ2v) is 3.45. The van der Waals surface area contributed by atoms with Gasteiger partial charge in [-0.15, -0.1) is 0 Å². The Kier molecular flexibility index (Phi) is 4.43. The third kappa shape index (κ3) is 4.25. The van der Waals surface area contributed by atoms with Crippen molar-refractivity contribution < 1.29 is 9.84 Å². The van der Waals surface area contributed by atoms with Gasteiger partial charge in [0, 0.05) is 6.04 Å². The highest BCUT2D eigenvalue weighted by Crippen LogP contribution is 2.09. The van der Waals surface area contributed by atoms with Gasteiger partial charge in [0.05, 0.1) is 6.54 Å². The summed E-state index contributed by atoms with van der Waals surface area (Å²) in [6.07, 6.45) is -0.792. The van der Waals surface area contributed by atoms with Gasteiger partial charge in [-0.3, -0.25) is 0 Å². The second-order valence-electron chi connectivity index (χ2n) is 3.45. The van der Waals surface area contributed by atoms with Crippen molar-refractivity contribution in [1.29, 1.82) is 0 Å². The number of para-hydroxylation sites is 1. The van der Waals surface area contributed by atoms with Gasteiger partial charge in [-0.2, -0.15) is 0 Å². The smallest absolute Gasteiger partial charge is 0.210 e. The van der Waals surface area contributed by atoms with Crippen LogP contribution in [0.1, 0.15) is 13.8 Å². The Morgan fingerprint density at radius 2 is 1.93 bits per heavy atom. The van der Waals surface area contributed by atoms with Gasteiger partial charge in [0.2, 0.25) is 6.29 Å². The van der Waals surface area contributed by atoms with Gasteiger partial charge < -0.3 is 15.2 Å². The van der Waals surface area contributed by atoms with E-state index in [1.807, 2.05) is 44.2 Å². The number of hydrogen-bond donors (Lipinski definition) is 2. The summed E-state index contributed by atoms with van der Waals surface area (Å²) in [4.78, 5) is 0. The van der Waals surface area contributed by atoms with Crippen molar-refractivity contribution in [2.45, 2.75) is 26.2 Å². The molecule has 0 aliphatic heterocycles. The third-order valence-electron chi connectivity index (χ3n) is 1.72. The van der Waals surface area contributed by atoms with Gasteiger partial charge in [-0.25, -0.2) is 0 Å². The SMILES string of the molecule is CC(C)NCC(O)Oc1ccccc1. The van der Waals surface area contributed by atoms with Crippen LogP contribution in [0.4, 0.5) is 0 Å². The van der Waals surface area contributed by atoms with E-state index in [1.54, 1.807) is 0 Å². The van der Waals surface area contributed by atoms with E-state index in [1.165, 1.54) is 0 Å². The normalized spacial score (nSPS) is 12.9. The molecule has 0 aromatic heterocycles. The molecule has 14 heavy (non-hydrogen) atoms. The van der Waals surface area contributed by atoms with E-state index in [0.717, 1.165) is 0 Å². The van der Waals surface area contributed by atoms with Crippen molar-refractivity contribution in [3.8, 4) is 5.75 Å². The van der Waals surface area contributed by atoms with E-state index in [2.05, 4.69) is 5.32 Å². The topological polar surface area (TPSA) is 41.5 Å². The molecule has 3 heteroatoms. The minimum absolute atomic E-state index is 0.351.